The summed E-state index contributed by atoms with van der Waals surface area (Å²) in [4.78, 5) is 38.6. The number of carbonyl (C=O) groups is 3. The minimum Gasteiger partial charge on any atom is -0.497 e. The van der Waals surface area contributed by atoms with Gasteiger partial charge in [-0.15, -0.1) is 0 Å². The average molecular weight is 332 g/mol. The predicted molar refractivity (Wildman–Crippen MR) is 84.0 cm³/mol. The van der Waals surface area contributed by atoms with Crippen LogP contribution in [0.5, 0.6) is 5.75 Å². The highest BCUT2D eigenvalue weighted by atomic mass is 16.5. The molecular weight excluding hydrogens is 312 g/mol. The van der Waals surface area contributed by atoms with Crippen molar-refractivity contribution in [2.24, 2.45) is 11.8 Å². The Kier molecular flexibility index (Phi) is 3.83. The summed E-state index contributed by atoms with van der Waals surface area (Å²) in [6, 6.07) is 6.76. The minimum absolute atomic E-state index is 0.286. The molecule has 7 heteroatoms. The van der Waals surface area contributed by atoms with Crippen LogP contribution in [0.15, 0.2) is 24.3 Å². The number of imide groups is 1. The van der Waals surface area contributed by atoms with E-state index in [1.807, 2.05) is 12.1 Å². The Morgan fingerprint density at radius 3 is 2.33 bits per heavy atom. The van der Waals surface area contributed by atoms with Gasteiger partial charge in [0.1, 0.15) is 11.3 Å². The molecular formula is C17H20N2O5. The van der Waals surface area contributed by atoms with Crippen molar-refractivity contribution >= 4 is 17.8 Å². The second-order valence-electron chi connectivity index (χ2n) is 6.33. The number of nitrogens with one attached hydrogen (secondary N) is 1. The summed E-state index contributed by atoms with van der Waals surface area (Å²) in [5.41, 5.74) is -0.434. The fourth-order valence-corrected chi connectivity index (χ4v) is 3.78. The monoisotopic (exact) mass is 332 g/mol. The third-order valence-electron chi connectivity index (χ3n) is 5.09. The van der Waals surface area contributed by atoms with Gasteiger partial charge in [0.25, 0.3) is 0 Å². The van der Waals surface area contributed by atoms with E-state index in [1.165, 1.54) is 14.2 Å². The van der Waals surface area contributed by atoms with Crippen LogP contribution in [0.4, 0.5) is 0 Å². The van der Waals surface area contributed by atoms with Gasteiger partial charge in [0, 0.05) is 13.1 Å². The summed E-state index contributed by atoms with van der Waals surface area (Å²) in [5.74, 6) is -1.93. The highest BCUT2D eigenvalue weighted by molar-refractivity contribution is 6.09. The number of ether oxygens (including phenoxy) is 2. The Morgan fingerprint density at radius 1 is 1.17 bits per heavy atom. The molecule has 7 nitrogen and oxygen atoms in total. The maximum atomic E-state index is 12.6. The number of rotatable bonds is 3. The maximum Gasteiger partial charge on any atom is 0.326 e. The highest BCUT2D eigenvalue weighted by Crippen LogP contribution is 2.48. The zero-order chi connectivity index (χ0) is 17.6. The molecule has 0 saturated carbocycles. The van der Waals surface area contributed by atoms with E-state index in [9.17, 15) is 14.4 Å². The molecule has 0 radical (unpaired) electrons. The topological polar surface area (TPSA) is 84.9 Å². The number of amides is 2. The van der Waals surface area contributed by atoms with Crippen molar-refractivity contribution in [3.63, 3.8) is 0 Å². The average Bonchev–Trinajstić information content (AvgIpc) is 3.04. The van der Waals surface area contributed by atoms with E-state index in [4.69, 9.17) is 9.47 Å². The number of esters is 1. The van der Waals surface area contributed by atoms with E-state index < -0.39 is 29.4 Å². The first-order chi connectivity index (χ1) is 11.3. The van der Waals surface area contributed by atoms with Crippen LogP contribution in [0.2, 0.25) is 0 Å². The molecule has 1 aromatic carbocycles. The van der Waals surface area contributed by atoms with Crippen LogP contribution in [-0.2, 0) is 19.1 Å². The zero-order valence-electron chi connectivity index (χ0n) is 14.0. The molecule has 0 aliphatic carbocycles. The SMILES string of the molecule is COC(=O)[C@]1(C)N[C@H](c2ccc(OC)cc2)[C@@H]2C(=O)N(C)C(=O)[C@@H]21. The molecule has 2 aliphatic heterocycles. The lowest BCUT2D eigenvalue weighted by Crippen LogP contribution is -2.53. The van der Waals surface area contributed by atoms with Crippen LogP contribution in [0.3, 0.4) is 0 Å². The lowest BCUT2D eigenvalue weighted by Gasteiger charge is -2.27. The van der Waals surface area contributed by atoms with E-state index in [2.05, 4.69) is 5.32 Å². The number of carbonyl (C=O) groups excluding carboxylic acids is 3. The Hall–Kier alpha value is -2.41. The zero-order valence-corrected chi connectivity index (χ0v) is 14.0. The normalized spacial score (nSPS) is 32.0. The fourth-order valence-electron chi connectivity index (χ4n) is 3.78. The van der Waals surface area contributed by atoms with E-state index in [1.54, 1.807) is 26.2 Å². The molecule has 128 valence electrons. The summed E-state index contributed by atoms with van der Waals surface area (Å²) < 4.78 is 10.0. The molecule has 0 unspecified atom stereocenters. The van der Waals surface area contributed by atoms with E-state index in [-0.39, 0.29) is 11.8 Å². The van der Waals surface area contributed by atoms with Crippen molar-refractivity contribution in [2.75, 3.05) is 21.3 Å². The van der Waals surface area contributed by atoms with E-state index in [0.29, 0.717) is 5.75 Å². The Balaban J connectivity index is 2.06. The molecule has 1 aromatic rings. The lowest BCUT2D eigenvalue weighted by molar-refractivity contribution is -0.152. The Bertz CT molecular complexity index is 701. The lowest BCUT2D eigenvalue weighted by atomic mass is 9.80. The fraction of sp³-hybridized carbons (Fsp3) is 0.471. The first-order valence-corrected chi connectivity index (χ1v) is 7.66. The second kappa shape index (κ2) is 5.59. The van der Waals surface area contributed by atoms with Crippen molar-refractivity contribution in [1.29, 1.82) is 0 Å². The number of hydrogen-bond acceptors (Lipinski definition) is 6. The van der Waals surface area contributed by atoms with Gasteiger partial charge >= 0.3 is 5.97 Å². The molecule has 2 aliphatic rings. The van der Waals surface area contributed by atoms with Gasteiger partial charge < -0.3 is 9.47 Å². The molecule has 1 N–H and O–H groups in total. The number of methoxy groups -OCH3 is 2. The molecule has 0 bridgehead atoms. The molecule has 2 amide bonds. The summed E-state index contributed by atoms with van der Waals surface area (Å²) in [5, 5.41) is 3.17. The van der Waals surface area contributed by atoms with Gasteiger partial charge in [-0.1, -0.05) is 12.1 Å². The van der Waals surface area contributed by atoms with Crippen molar-refractivity contribution in [3.05, 3.63) is 29.8 Å². The predicted octanol–water partition coefficient (Wildman–Crippen LogP) is 0.502. The van der Waals surface area contributed by atoms with Crippen LogP contribution in [0.25, 0.3) is 0 Å². The Morgan fingerprint density at radius 2 is 1.79 bits per heavy atom. The van der Waals surface area contributed by atoms with Crippen LogP contribution < -0.4 is 10.1 Å². The number of hydrogen-bond donors (Lipinski definition) is 1. The van der Waals surface area contributed by atoms with Gasteiger partial charge in [-0.2, -0.15) is 0 Å². The molecule has 2 fully saturated rings. The Labute approximate surface area is 139 Å². The minimum atomic E-state index is -1.25. The molecule has 24 heavy (non-hydrogen) atoms. The first kappa shape index (κ1) is 16.4. The second-order valence-corrected chi connectivity index (χ2v) is 6.33. The van der Waals surface area contributed by atoms with Gasteiger partial charge in [-0.25, -0.2) is 0 Å². The van der Waals surface area contributed by atoms with Gasteiger partial charge in [0.2, 0.25) is 11.8 Å². The third kappa shape index (κ3) is 2.11. The van der Waals surface area contributed by atoms with Gasteiger partial charge in [0.15, 0.2) is 0 Å². The van der Waals surface area contributed by atoms with Gasteiger partial charge in [-0.05, 0) is 24.6 Å². The molecule has 0 spiro atoms. The molecule has 2 saturated heterocycles. The van der Waals surface area contributed by atoms with Crippen LogP contribution in [-0.4, -0.2) is 49.5 Å². The first-order valence-electron chi connectivity index (χ1n) is 7.66. The highest BCUT2D eigenvalue weighted by Gasteiger charge is 2.66. The van der Waals surface area contributed by atoms with Crippen LogP contribution >= 0.6 is 0 Å². The summed E-state index contributed by atoms with van der Waals surface area (Å²) in [6.07, 6.45) is 0. The van der Waals surface area contributed by atoms with E-state index in [0.717, 1.165) is 10.5 Å². The summed E-state index contributed by atoms with van der Waals surface area (Å²) in [7, 11) is 4.29. The van der Waals surface area contributed by atoms with Gasteiger partial charge in [0.05, 0.1) is 26.1 Å². The summed E-state index contributed by atoms with van der Waals surface area (Å²) in [6.45, 7) is 1.62. The van der Waals surface area contributed by atoms with Gasteiger partial charge in [-0.3, -0.25) is 24.6 Å². The largest absolute Gasteiger partial charge is 0.497 e. The molecule has 4 atom stereocenters. The van der Waals surface area contributed by atoms with Crippen LogP contribution in [0, 0.1) is 11.8 Å². The number of likely N-dealkylation sites (tertiary alicyclic amines) is 1. The number of benzene rings is 1. The quantitative estimate of drug-likeness (QED) is 0.641. The number of nitrogens with zero attached hydrogens (tertiary/aromatic N) is 1. The third-order valence-corrected chi connectivity index (χ3v) is 5.09. The maximum absolute atomic E-state index is 12.6. The van der Waals surface area contributed by atoms with Crippen molar-refractivity contribution < 1.29 is 23.9 Å². The smallest absolute Gasteiger partial charge is 0.326 e. The molecule has 2 heterocycles. The van der Waals surface area contributed by atoms with Crippen molar-refractivity contribution in [2.45, 2.75) is 18.5 Å². The molecule has 0 aromatic heterocycles. The standard InChI is InChI=1S/C17H20N2O5/c1-17(16(22)24-4)12-11(14(20)19(2)15(12)21)13(18-17)9-5-7-10(23-3)8-6-9/h5-8,11-13,18H,1-4H3/t11-,12-,13-,17-/m1/s1. The van der Waals surface area contributed by atoms with E-state index >= 15 is 0 Å². The number of fused-ring (bicyclic) bond motifs is 1. The summed E-state index contributed by atoms with van der Waals surface area (Å²) >= 11 is 0. The molecule has 3 rings (SSSR count). The van der Waals surface area contributed by atoms with Crippen molar-refractivity contribution in [3.8, 4) is 5.75 Å². The van der Waals surface area contributed by atoms with Crippen molar-refractivity contribution in [1.82, 2.24) is 10.2 Å². The van der Waals surface area contributed by atoms with Crippen LogP contribution in [0.1, 0.15) is 18.5 Å².